The van der Waals surface area contributed by atoms with Crippen LogP contribution < -0.4 is 4.31 Å². The monoisotopic (exact) mass is 520 g/mol. The number of hydrogen-bond acceptors (Lipinski definition) is 9. The van der Waals surface area contributed by atoms with Gasteiger partial charge in [-0.25, -0.2) is 18.0 Å². The first kappa shape index (κ1) is 26.6. The first-order chi connectivity index (χ1) is 16.2. The SMILES string of the molecule is CN1CCN(CCN(c2ccc3c(c2)C(=O)N(CC(=O)OC(=O)C(F)(F)F)C3=O)S(C)(=O)=O)CC1. The quantitative estimate of drug-likeness (QED) is 0.276. The third kappa shape index (κ3) is 6.15. The zero-order valence-corrected chi connectivity index (χ0v) is 19.7. The molecule has 0 aromatic heterocycles. The molecule has 0 spiro atoms. The summed E-state index contributed by atoms with van der Waals surface area (Å²) in [6, 6.07) is 3.70. The summed E-state index contributed by atoms with van der Waals surface area (Å²) in [4.78, 5) is 52.3. The van der Waals surface area contributed by atoms with Crippen LogP contribution >= 0.6 is 0 Å². The van der Waals surface area contributed by atoms with Crippen LogP contribution in [0.5, 0.6) is 0 Å². The number of piperazine rings is 1. The molecule has 2 aliphatic rings. The molecule has 0 unspecified atom stereocenters. The second kappa shape index (κ2) is 9.91. The van der Waals surface area contributed by atoms with Crippen molar-refractivity contribution in [2.75, 3.05) is 63.4 Å². The number of carbonyl (C=O) groups is 4. The van der Waals surface area contributed by atoms with Gasteiger partial charge in [-0.15, -0.1) is 0 Å². The number of rotatable bonds is 7. The average Bonchev–Trinajstić information content (AvgIpc) is 2.98. The third-order valence-corrected chi connectivity index (χ3v) is 6.78. The van der Waals surface area contributed by atoms with E-state index >= 15 is 0 Å². The third-order valence-electron chi connectivity index (χ3n) is 5.58. The molecule has 0 aliphatic carbocycles. The van der Waals surface area contributed by atoms with Crippen LogP contribution in [0.4, 0.5) is 18.9 Å². The summed E-state index contributed by atoms with van der Waals surface area (Å²) in [5.41, 5.74) is -0.282. The summed E-state index contributed by atoms with van der Waals surface area (Å²) in [6.45, 7) is 2.47. The van der Waals surface area contributed by atoms with Gasteiger partial charge >= 0.3 is 18.1 Å². The Kier molecular flexibility index (Phi) is 7.52. The number of alkyl halides is 3. The Morgan fingerprint density at radius 2 is 1.66 bits per heavy atom. The Labute approximate surface area is 199 Å². The number of esters is 2. The van der Waals surface area contributed by atoms with Crippen LogP contribution in [0, 0.1) is 0 Å². The maximum atomic E-state index is 12.7. The molecular formula is C20H23F3N4O7S. The molecule has 2 amide bonds. The number of carbonyl (C=O) groups excluding carboxylic acids is 4. The predicted octanol–water partition coefficient (Wildman–Crippen LogP) is -0.0719. The van der Waals surface area contributed by atoms with E-state index in [9.17, 15) is 40.8 Å². The maximum Gasteiger partial charge on any atom is 0.491 e. The van der Waals surface area contributed by atoms with E-state index in [4.69, 9.17) is 0 Å². The van der Waals surface area contributed by atoms with Crippen molar-refractivity contribution >= 4 is 39.5 Å². The molecule has 0 N–H and O–H groups in total. The lowest BCUT2D eigenvalue weighted by molar-refractivity contribution is -0.201. The summed E-state index contributed by atoms with van der Waals surface area (Å²) in [5.74, 6) is -6.54. The number of benzene rings is 1. The molecule has 0 atom stereocenters. The summed E-state index contributed by atoms with van der Waals surface area (Å²) < 4.78 is 66.4. The van der Waals surface area contributed by atoms with Crippen molar-refractivity contribution in [1.29, 1.82) is 0 Å². The van der Waals surface area contributed by atoms with Crippen LogP contribution in [0.25, 0.3) is 0 Å². The molecule has 1 aromatic rings. The van der Waals surface area contributed by atoms with E-state index < -0.39 is 46.5 Å². The molecule has 1 aromatic carbocycles. The Balaban J connectivity index is 1.76. The van der Waals surface area contributed by atoms with E-state index in [1.54, 1.807) is 0 Å². The van der Waals surface area contributed by atoms with Crippen LogP contribution in [0.15, 0.2) is 18.2 Å². The van der Waals surface area contributed by atoms with Crippen LogP contribution in [0.2, 0.25) is 0 Å². The number of amides is 2. The number of anilines is 1. The van der Waals surface area contributed by atoms with Crippen molar-refractivity contribution in [3.05, 3.63) is 29.3 Å². The molecule has 0 radical (unpaired) electrons. The van der Waals surface area contributed by atoms with Gasteiger partial charge in [0.2, 0.25) is 10.0 Å². The number of halogens is 3. The highest BCUT2D eigenvalue weighted by Gasteiger charge is 2.44. The van der Waals surface area contributed by atoms with Crippen LogP contribution in [0.1, 0.15) is 20.7 Å². The molecule has 2 heterocycles. The lowest BCUT2D eigenvalue weighted by Gasteiger charge is -2.34. The lowest BCUT2D eigenvalue weighted by Crippen LogP contribution is -2.47. The van der Waals surface area contributed by atoms with Gasteiger partial charge in [0, 0.05) is 39.3 Å². The Hall–Kier alpha value is -3.04. The fourth-order valence-electron chi connectivity index (χ4n) is 3.69. The van der Waals surface area contributed by atoms with Gasteiger partial charge in [-0.2, -0.15) is 13.2 Å². The van der Waals surface area contributed by atoms with Crippen LogP contribution in [0.3, 0.4) is 0 Å². The molecular weight excluding hydrogens is 497 g/mol. The first-order valence-electron chi connectivity index (χ1n) is 10.4. The summed E-state index contributed by atoms with van der Waals surface area (Å²) >= 11 is 0. The van der Waals surface area contributed by atoms with E-state index in [-0.39, 0.29) is 23.4 Å². The van der Waals surface area contributed by atoms with E-state index in [1.165, 1.54) is 18.2 Å². The highest BCUT2D eigenvalue weighted by atomic mass is 32.2. The minimum atomic E-state index is -5.42. The van der Waals surface area contributed by atoms with Crippen LogP contribution in [-0.2, 0) is 24.3 Å². The molecule has 35 heavy (non-hydrogen) atoms. The normalized spacial score (nSPS) is 17.5. The summed E-state index contributed by atoms with van der Waals surface area (Å²) in [7, 11) is -1.78. The molecule has 0 bridgehead atoms. The Morgan fingerprint density at radius 1 is 1.06 bits per heavy atom. The number of nitrogens with zero attached hydrogens (tertiary/aromatic N) is 4. The second-order valence-electron chi connectivity index (χ2n) is 8.17. The fourth-order valence-corrected chi connectivity index (χ4v) is 4.60. The number of ether oxygens (including phenoxy) is 1. The van der Waals surface area contributed by atoms with E-state index in [2.05, 4.69) is 14.5 Å². The van der Waals surface area contributed by atoms with Crippen molar-refractivity contribution < 1.29 is 45.5 Å². The minimum absolute atomic E-state index is 0.0824. The number of sulfonamides is 1. The smallest absolute Gasteiger partial charge is 0.385 e. The van der Waals surface area contributed by atoms with Crippen molar-refractivity contribution in [2.45, 2.75) is 6.18 Å². The fraction of sp³-hybridized carbons (Fsp3) is 0.500. The van der Waals surface area contributed by atoms with Crippen molar-refractivity contribution in [1.82, 2.24) is 14.7 Å². The van der Waals surface area contributed by atoms with E-state index in [1.807, 2.05) is 7.05 Å². The van der Waals surface area contributed by atoms with Gasteiger partial charge in [-0.3, -0.25) is 23.7 Å². The van der Waals surface area contributed by atoms with Crippen molar-refractivity contribution in [2.24, 2.45) is 0 Å². The van der Waals surface area contributed by atoms with Gasteiger partial charge in [0.05, 0.1) is 23.1 Å². The molecule has 1 saturated heterocycles. The zero-order valence-electron chi connectivity index (χ0n) is 18.9. The Morgan fingerprint density at radius 3 is 2.23 bits per heavy atom. The molecule has 11 nitrogen and oxygen atoms in total. The largest absolute Gasteiger partial charge is 0.491 e. The van der Waals surface area contributed by atoms with Gasteiger partial charge in [0.15, 0.2) is 0 Å². The first-order valence-corrected chi connectivity index (χ1v) is 12.2. The number of hydrogen-bond donors (Lipinski definition) is 0. The summed E-state index contributed by atoms with van der Waals surface area (Å²) in [6.07, 6.45) is -4.43. The molecule has 192 valence electrons. The topological polar surface area (TPSA) is 125 Å². The van der Waals surface area contributed by atoms with Crippen LogP contribution in [-0.4, -0.2) is 112 Å². The lowest BCUT2D eigenvalue weighted by atomic mass is 10.1. The van der Waals surface area contributed by atoms with Gasteiger partial charge < -0.3 is 9.64 Å². The van der Waals surface area contributed by atoms with Gasteiger partial charge in [-0.05, 0) is 25.2 Å². The second-order valence-corrected chi connectivity index (χ2v) is 10.1. The van der Waals surface area contributed by atoms with Crippen molar-refractivity contribution in [3.8, 4) is 0 Å². The van der Waals surface area contributed by atoms with E-state index in [0.717, 1.165) is 36.7 Å². The highest BCUT2D eigenvalue weighted by Crippen LogP contribution is 2.29. The van der Waals surface area contributed by atoms with Gasteiger partial charge in [0.1, 0.15) is 6.54 Å². The molecule has 1 fully saturated rings. The molecule has 0 saturated carbocycles. The molecule has 2 aliphatic heterocycles. The molecule has 15 heteroatoms. The van der Waals surface area contributed by atoms with Gasteiger partial charge in [-0.1, -0.05) is 0 Å². The highest BCUT2D eigenvalue weighted by molar-refractivity contribution is 7.92. The number of imide groups is 1. The standard InChI is InChI=1S/C20H23F3N4O7S/c1-24-5-7-25(8-6-24)9-10-27(35(2,32)33)13-3-4-14-15(11-13)18(30)26(17(14)29)12-16(28)34-19(31)20(21,22)23/h3-4,11H,5-10,12H2,1-2H3. The van der Waals surface area contributed by atoms with Gasteiger partial charge in [0.25, 0.3) is 11.8 Å². The number of fused-ring (bicyclic) bond motifs is 1. The predicted molar refractivity (Wildman–Crippen MR) is 115 cm³/mol. The number of likely N-dealkylation sites (N-methyl/N-ethyl adjacent to an activating group) is 1. The summed E-state index contributed by atoms with van der Waals surface area (Å²) in [5, 5.41) is 0. The van der Waals surface area contributed by atoms with Crippen molar-refractivity contribution in [3.63, 3.8) is 0 Å². The van der Waals surface area contributed by atoms with E-state index in [0.29, 0.717) is 11.4 Å². The Bertz CT molecular complexity index is 1150. The molecule has 3 rings (SSSR count). The average molecular weight is 520 g/mol. The minimum Gasteiger partial charge on any atom is -0.385 e. The maximum absolute atomic E-state index is 12.7. The zero-order chi connectivity index (χ0) is 26.1.